The van der Waals surface area contributed by atoms with Gasteiger partial charge in [-0.15, -0.1) is 0 Å². The molecular weight excluding hydrogens is 200 g/mol. The quantitative estimate of drug-likeness (QED) is 0.784. The molecule has 1 aromatic carbocycles. The van der Waals surface area contributed by atoms with Gasteiger partial charge in [-0.1, -0.05) is 25.1 Å². The van der Waals surface area contributed by atoms with Crippen LogP contribution in [0.15, 0.2) is 48.7 Å². The molecule has 0 saturated heterocycles. The molecule has 1 heterocycles. The molecule has 3 nitrogen and oxygen atoms in total. The SMILES string of the molecule is CCC(Oc1ccccc1)c1cccnn1. The van der Waals surface area contributed by atoms with Crippen LogP contribution in [0.1, 0.15) is 25.1 Å². The lowest BCUT2D eigenvalue weighted by Crippen LogP contribution is -2.08. The second-order valence-corrected chi connectivity index (χ2v) is 3.48. The molecule has 0 N–H and O–H groups in total. The van der Waals surface area contributed by atoms with Crippen LogP contribution in [-0.2, 0) is 0 Å². The smallest absolute Gasteiger partial charge is 0.142 e. The van der Waals surface area contributed by atoms with Crippen molar-refractivity contribution in [1.29, 1.82) is 0 Å². The van der Waals surface area contributed by atoms with Crippen LogP contribution in [-0.4, -0.2) is 10.2 Å². The highest BCUT2D eigenvalue weighted by Crippen LogP contribution is 2.22. The zero-order valence-electron chi connectivity index (χ0n) is 9.21. The van der Waals surface area contributed by atoms with Crippen molar-refractivity contribution >= 4 is 0 Å². The van der Waals surface area contributed by atoms with Crippen LogP contribution in [0.3, 0.4) is 0 Å². The lowest BCUT2D eigenvalue weighted by Gasteiger charge is -2.16. The molecule has 0 fully saturated rings. The number of rotatable bonds is 4. The van der Waals surface area contributed by atoms with E-state index >= 15 is 0 Å². The Balaban J connectivity index is 2.13. The molecule has 0 aliphatic rings. The maximum absolute atomic E-state index is 5.85. The van der Waals surface area contributed by atoms with Crippen molar-refractivity contribution in [2.45, 2.75) is 19.4 Å². The first-order valence-electron chi connectivity index (χ1n) is 5.39. The molecule has 16 heavy (non-hydrogen) atoms. The Kier molecular flexibility index (Phi) is 3.49. The number of aromatic nitrogens is 2. The summed E-state index contributed by atoms with van der Waals surface area (Å²) in [6.07, 6.45) is 2.50. The molecule has 0 aliphatic carbocycles. The zero-order chi connectivity index (χ0) is 11.2. The van der Waals surface area contributed by atoms with Gasteiger partial charge in [-0.2, -0.15) is 10.2 Å². The summed E-state index contributed by atoms with van der Waals surface area (Å²) in [5.41, 5.74) is 0.869. The molecule has 2 rings (SSSR count). The van der Waals surface area contributed by atoms with E-state index in [1.54, 1.807) is 6.20 Å². The van der Waals surface area contributed by atoms with Gasteiger partial charge in [0.25, 0.3) is 0 Å². The van der Waals surface area contributed by atoms with E-state index in [1.165, 1.54) is 0 Å². The summed E-state index contributed by atoms with van der Waals surface area (Å²) in [7, 11) is 0. The first kappa shape index (κ1) is 10.6. The normalized spacial score (nSPS) is 12.1. The van der Waals surface area contributed by atoms with E-state index in [2.05, 4.69) is 17.1 Å². The predicted octanol–water partition coefficient (Wildman–Crippen LogP) is 3.01. The van der Waals surface area contributed by atoms with Crippen molar-refractivity contribution < 1.29 is 4.74 Å². The Hall–Kier alpha value is -1.90. The average Bonchev–Trinajstić information content (AvgIpc) is 2.38. The van der Waals surface area contributed by atoms with Crippen molar-refractivity contribution in [2.75, 3.05) is 0 Å². The van der Waals surface area contributed by atoms with Gasteiger partial charge in [0.1, 0.15) is 17.5 Å². The summed E-state index contributed by atoms with van der Waals surface area (Å²) in [4.78, 5) is 0. The third-order valence-corrected chi connectivity index (χ3v) is 2.32. The van der Waals surface area contributed by atoms with E-state index in [0.717, 1.165) is 17.9 Å². The Morgan fingerprint density at radius 3 is 2.56 bits per heavy atom. The van der Waals surface area contributed by atoms with Gasteiger partial charge >= 0.3 is 0 Å². The van der Waals surface area contributed by atoms with E-state index in [-0.39, 0.29) is 6.10 Å². The van der Waals surface area contributed by atoms with Gasteiger partial charge in [-0.25, -0.2) is 0 Å². The van der Waals surface area contributed by atoms with Gasteiger partial charge in [0.15, 0.2) is 0 Å². The summed E-state index contributed by atoms with van der Waals surface area (Å²) in [6.45, 7) is 2.07. The van der Waals surface area contributed by atoms with Crippen LogP contribution < -0.4 is 4.74 Å². The molecule has 0 amide bonds. The average molecular weight is 214 g/mol. The number of para-hydroxylation sites is 1. The fraction of sp³-hybridized carbons (Fsp3) is 0.231. The topological polar surface area (TPSA) is 35.0 Å². The molecule has 2 aromatic rings. The fourth-order valence-corrected chi connectivity index (χ4v) is 1.50. The van der Waals surface area contributed by atoms with E-state index in [1.807, 2.05) is 42.5 Å². The molecular formula is C13H14N2O. The Morgan fingerprint density at radius 2 is 1.94 bits per heavy atom. The van der Waals surface area contributed by atoms with Crippen molar-refractivity contribution in [2.24, 2.45) is 0 Å². The molecule has 0 radical (unpaired) electrons. The van der Waals surface area contributed by atoms with Crippen molar-refractivity contribution in [3.05, 3.63) is 54.4 Å². The van der Waals surface area contributed by atoms with Gasteiger partial charge in [-0.3, -0.25) is 0 Å². The van der Waals surface area contributed by atoms with Gasteiger partial charge < -0.3 is 4.74 Å². The second-order valence-electron chi connectivity index (χ2n) is 3.48. The summed E-state index contributed by atoms with van der Waals surface area (Å²) < 4.78 is 5.85. The second kappa shape index (κ2) is 5.26. The molecule has 1 unspecified atom stereocenters. The van der Waals surface area contributed by atoms with Crippen LogP contribution in [0, 0.1) is 0 Å². The largest absolute Gasteiger partial charge is 0.484 e. The predicted molar refractivity (Wildman–Crippen MR) is 62.1 cm³/mol. The summed E-state index contributed by atoms with van der Waals surface area (Å²) in [6, 6.07) is 13.6. The van der Waals surface area contributed by atoms with Gasteiger partial charge in [-0.05, 0) is 30.7 Å². The fourth-order valence-electron chi connectivity index (χ4n) is 1.50. The monoisotopic (exact) mass is 214 g/mol. The summed E-state index contributed by atoms with van der Waals surface area (Å²) in [5, 5.41) is 7.94. The summed E-state index contributed by atoms with van der Waals surface area (Å²) >= 11 is 0. The highest BCUT2D eigenvalue weighted by molar-refractivity contribution is 5.22. The molecule has 1 aromatic heterocycles. The molecule has 3 heteroatoms. The number of ether oxygens (including phenoxy) is 1. The minimum Gasteiger partial charge on any atom is -0.484 e. The van der Waals surface area contributed by atoms with E-state index in [9.17, 15) is 0 Å². The first-order chi connectivity index (χ1) is 7.90. The highest BCUT2D eigenvalue weighted by Gasteiger charge is 2.12. The molecule has 0 aliphatic heterocycles. The molecule has 0 saturated carbocycles. The maximum atomic E-state index is 5.85. The minimum atomic E-state index is -0.0314. The van der Waals surface area contributed by atoms with Crippen LogP contribution in [0.25, 0.3) is 0 Å². The Bertz CT molecular complexity index is 416. The number of hydrogen-bond acceptors (Lipinski definition) is 3. The minimum absolute atomic E-state index is 0.0314. The number of hydrogen-bond donors (Lipinski definition) is 0. The van der Waals surface area contributed by atoms with Crippen LogP contribution in [0.4, 0.5) is 0 Å². The van der Waals surface area contributed by atoms with Crippen molar-refractivity contribution in [3.63, 3.8) is 0 Å². The zero-order valence-corrected chi connectivity index (χ0v) is 9.21. The van der Waals surface area contributed by atoms with Gasteiger partial charge in [0.2, 0.25) is 0 Å². The van der Waals surface area contributed by atoms with Crippen LogP contribution >= 0.6 is 0 Å². The Morgan fingerprint density at radius 1 is 1.12 bits per heavy atom. The third-order valence-electron chi connectivity index (χ3n) is 2.32. The van der Waals surface area contributed by atoms with Crippen molar-refractivity contribution in [1.82, 2.24) is 10.2 Å². The molecule has 0 bridgehead atoms. The standard InChI is InChI=1S/C13H14N2O/c1-2-13(12-9-6-10-14-15-12)16-11-7-4-3-5-8-11/h3-10,13H,2H2,1H3. The third kappa shape index (κ3) is 2.57. The molecule has 0 spiro atoms. The van der Waals surface area contributed by atoms with Crippen LogP contribution in [0.5, 0.6) is 5.75 Å². The molecule has 82 valence electrons. The number of benzene rings is 1. The maximum Gasteiger partial charge on any atom is 0.142 e. The highest BCUT2D eigenvalue weighted by atomic mass is 16.5. The van der Waals surface area contributed by atoms with Gasteiger partial charge in [0, 0.05) is 6.20 Å². The lowest BCUT2D eigenvalue weighted by molar-refractivity contribution is 0.195. The van der Waals surface area contributed by atoms with E-state index in [4.69, 9.17) is 4.74 Å². The summed E-state index contributed by atoms with van der Waals surface area (Å²) in [5.74, 6) is 0.861. The van der Waals surface area contributed by atoms with E-state index < -0.39 is 0 Å². The van der Waals surface area contributed by atoms with Gasteiger partial charge in [0.05, 0.1) is 0 Å². The number of nitrogens with zero attached hydrogens (tertiary/aromatic N) is 2. The Labute approximate surface area is 95.1 Å². The van der Waals surface area contributed by atoms with E-state index in [0.29, 0.717) is 0 Å². The lowest BCUT2D eigenvalue weighted by atomic mass is 10.2. The molecule has 1 atom stereocenters. The van der Waals surface area contributed by atoms with Crippen LogP contribution in [0.2, 0.25) is 0 Å². The first-order valence-corrected chi connectivity index (χ1v) is 5.39. The van der Waals surface area contributed by atoms with Crippen molar-refractivity contribution in [3.8, 4) is 5.75 Å².